The van der Waals surface area contributed by atoms with E-state index in [0.29, 0.717) is 36.0 Å². The zero-order valence-corrected chi connectivity index (χ0v) is 18.1. The molecule has 1 atom stereocenters. The summed E-state index contributed by atoms with van der Waals surface area (Å²) in [7, 11) is 0. The van der Waals surface area contributed by atoms with Crippen molar-refractivity contribution in [1.29, 1.82) is 0 Å². The maximum absolute atomic E-state index is 14.0. The van der Waals surface area contributed by atoms with Gasteiger partial charge in [-0.2, -0.15) is 0 Å². The summed E-state index contributed by atoms with van der Waals surface area (Å²) in [6.07, 6.45) is 5.33. The molecule has 1 aromatic carbocycles. The molecule has 1 aliphatic rings. The van der Waals surface area contributed by atoms with E-state index in [1.54, 1.807) is 30.6 Å². The van der Waals surface area contributed by atoms with Crippen molar-refractivity contribution in [3.05, 3.63) is 75.5 Å². The first kappa shape index (κ1) is 22.4. The van der Waals surface area contributed by atoms with Crippen LogP contribution in [-0.2, 0) is 4.74 Å². The molecule has 9 heteroatoms. The number of aliphatic hydroxyl groups is 1. The zero-order valence-electron chi connectivity index (χ0n) is 17.4. The Kier molecular flexibility index (Phi) is 7.14. The van der Waals surface area contributed by atoms with Gasteiger partial charge < -0.3 is 19.7 Å². The number of rotatable bonds is 7. The molecule has 3 heterocycles. The van der Waals surface area contributed by atoms with Crippen LogP contribution in [0.15, 0.2) is 53.6 Å². The Morgan fingerprint density at radius 3 is 2.78 bits per heavy atom. The van der Waals surface area contributed by atoms with Crippen LogP contribution in [0.3, 0.4) is 0 Å². The van der Waals surface area contributed by atoms with Crippen molar-refractivity contribution in [1.82, 2.24) is 14.5 Å². The highest BCUT2D eigenvalue weighted by Gasteiger charge is 2.18. The first-order valence-electron chi connectivity index (χ1n) is 10.5. The molecule has 0 amide bonds. The van der Waals surface area contributed by atoms with Crippen LogP contribution < -0.4 is 10.9 Å². The molecule has 1 unspecified atom stereocenters. The Balaban J connectivity index is 1.60. The molecule has 32 heavy (non-hydrogen) atoms. The third-order valence-electron chi connectivity index (χ3n) is 5.52. The highest BCUT2D eigenvalue weighted by molar-refractivity contribution is 6.30. The second-order valence-electron chi connectivity index (χ2n) is 7.66. The Morgan fingerprint density at radius 2 is 2.06 bits per heavy atom. The second kappa shape index (κ2) is 10.2. The number of halogens is 2. The summed E-state index contributed by atoms with van der Waals surface area (Å²) in [5.74, 6) is -0.0595. The van der Waals surface area contributed by atoms with Gasteiger partial charge in [0.1, 0.15) is 5.82 Å². The summed E-state index contributed by atoms with van der Waals surface area (Å²) >= 11 is 5.79. The standard InChI is InChI=1S/C23H24ClFN4O3/c24-18-2-1-16(13-19(18)25)21(5-10-30)29-9-4-15(14-22(29)31)20-3-8-26-23(28-20)27-17-6-11-32-12-7-17/h1-4,8-9,13-14,17,21,30H,5-7,10-12H2,(H,26,27,28). The minimum Gasteiger partial charge on any atom is -0.396 e. The molecular formula is C23H24ClFN4O3. The fourth-order valence-electron chi connectivity index (χ4n) is 3.83. The van der Waals surface area contributed by atoms with E-state index < -0.39 is 11.9 Å². The van der Waals surface area contributed by atoms with Gasteiger partial charge in [0, 0.05) is 49.9 Å². The topological polar surface area (TPSA) is 89.3 Å². The molecule has 0 spiro atoms. The molecule has 4 rings (SSSR count). The van der Waals surface area contributed by atoms with Gasteiger partial charge in [0.15, 0.2) is 0 Å². The number of aliphatic hydroxyl groups excluding tert-OH is 1. The molecule has 3 aromatic rings. The normalized spacial score (nSPS) is 15.5. The summed E-state index contributed by atoms with van der Waals surface area (Å²) in [5.41, 5.74) is 1.54. The van der Waals surface area contributed by atoms with E-state index in [0.717, 1.165) is 12.8 Å². The van der Waals surface area contributed by atoms with Crippen LogP contribution in [0, 0.1) is 5.82 Å². The van der Waals surface area contributed by atoms with E-state index in [2.05, 4.69) is 15.3 Å². The van der Waals surface area contributed by atoms with Crippen molar-refractivity contribution < 1.29 is 14.2 Å². The fraction of sp³-hybridized carbons (Fsp3) is 0.348. The molecule has 7 nitrogen and oxygen atoms in total. The Hall–Kier alpha value is -2.81. The minimum absolute atomic E-state index is 0.00752. The van der Waals surface area contributed by atoms with Crippen molar-refractivity contribution >= 4 is 17.5 Å². The molecule has 0 bridgehead atoms. The van der Waals surface area contributed by atoms with Gasteiger partial charge in [-0.25, -0.2) is 14.4 Å². The van der Waals surface area contributed by atoms with Crippen molar-refractivity contribution in [3.63, 3.8) is 0 Å². The van der Waals surface area contributed by atoms with E-state index in [9.17, 15) is 14.3 Å². The van der Waals surface area contributed by atoms with E-state index >= 15 is 0 Å². The number of aromatic nitrogens is 3. The average molecular weight is 459 g/mol. The van der Waals surface area contributed by atoms with Crippen LogP contribution in [0.25, 0.3) is 11.3 Å². The Bertz CT molecular complexity index is 1130. The maximum atomic E-state index is 14.0. The zero-order chi connectivity index (χ0) is 22.5. The van der Waals surface area contributed by atoms with Gasteiger partial charge in [-0.15, -0.1) is 0 Å². The molecule has 1 saturated heterocycles. The third kappa shape index (κ3) is 5.15. The van der Waals surface area contributed by atoms with Crippen molar-refractivity contribution in [2.75, 3.05) is 25.1 Å². The fourth-order valence-corrected chi connectivity index (χ4v) is 3.95. The van der Waals surface area contributed by atoms with Crippen LogP contribution in [0.4, 0.5) is 10.3 Å². The first-order valence-corrected chi connectivity index (χ1v) is 10.9. The van der Waals surface area contributed by atoms with E-state index in [-0.39, 0.29) is 29.7 Å². The first-order chi connectivity index (χ1) is 15.5. The molecule has 2 N–H and O–H groups in total. The largest absolute Gasteiger partial charge is 0.396 e. The van der Waals surface area contributed by atoms with Crippen molar-refractivity contribution in [2.24, 2.45) is 0 Å². The minimum atomic E-state index is -0.567. The summed E-state index contributed by atoms with van der Waals surface area (Å²) in [4.78, 5) is 21.8. The summed E-state index contributed by atoms with van der Waals surface area (Å²) in [6.45, 7) is 1.26. The van der Waals surface area contributed by atoms with E-state index in [4.69, 9.17) is 16.3 Å². The van der Waals surface area contributed by atoms with Crippen molar-refractivity contribution in [2.45, 2.75) is 31.3 Å². The molecule has 1 aliphatic heterocycles. The van der Waals surface area contributed by atoms with Gasteiger partial charge in [0.25, 0.3) is 5.56 Å². The molecule has 0 saturated carbocycles. The number of hydrogen-bond donors (Lipinski definition) is 2. The van der Waals surface area contributed by atoms with Gasteiger partial charge in [-0.05, 0) is 49.1 Å². The number of nitrogens with one attached hydrogen (secondary N) is 1. The Morgan fingerprint density at radius 1 is 1.25 bits per heavy atom. The lowest BCUT2D eigenvalue weighted by Gasteiger charge is -2.23. The van der Waals surface area contributed by atoms with Crippen LogP contribution in [0.1, 0.15) is 30.9 Å². The summed E-state index contributed by atoms with van der Waals surface area (Å²) in [5, 5.41) is 12.8. The maximum Gasteiger partial charge on any atom is 0.251 e. The lowest BCUT2D eigenvalue weighted by atomic mass is 10.0. The smallest absolute Gasteiger partial charge is 0.251 e. The van der Waals surface area contributed by atoms with Crippen LogP contribution in [-0.4, -0.2) is 45.5 Å². The molecule has 1 fully saturated rings. The van der Waals surface area contributed by atoms with Gasteiger partial charge in [-0.3, -0.25) is 4.79 Å². The van der Waals surface area contributed by atoms with Crippen LogP contribution in [0.5, 0.6) is 0 Å². The molecule has 0 radical (unpaired) electrons. The number of pyridine rings is 1. The third-order valence-corrected chi connectivity index (χ3v) is 5.83. The summed E-state index contributed by atoms with van der Waals surface area (Å²) in [6, 6.07) is 9.13. The number of anilines is 1. The SMILES string of the molecule is O=c1cc(-c2ccnc(NC3CCOCC3)n2)ccn1C(CCO)c1ccc(Cl)c(F)c1. The highest BCUT2D eigenvalue weighted by Crippen LogP contribution is 2.26. The number of hydrogen-bond acceptors (Lipinski definition) is 6. The lowest BCUT2D eigenvalue weighted by molar-refractivity contribution is 0.0903. The van der Waals surface area contributed by atoms with Gasteiger partial charge in [-0.1, -0.05) is 17.7 Å². The average Bonchev–Trinajstić information content (AvgIpc) is 2.80. The van der Waals surface area contributed by atoms with Crippen molar-refractivity contribution in [3.8, 4) is 11.3 Å². The molecular weight excluding hydrogens is 435 g/mol. The predicted molar refractivity (Wildman–Crippen MR) is 120 cm³/mol. The lowest BCUT2D eigenvalue weighted by Crippen LogP contribution is -2.28. The van der Waals surface area contributed by atoms with E-state index in [1.807, 2.05) is 0 Å². The second-order valence-corrected chi connectivity index (χ2v) is 8.07. The summed E-state index contributed by atoms with van der Waals surface area (Å²) < 4.78 is 20.8. The number of ether oxygens (including phenoxy) is 1. The Labute approximate surface area is 189 Å². The number of benzene rings is 1. The molecule has 168 valence electrons. The van der Waals surface area contributed by atoms with Crippen LogP contribution in [0.2, 0.25) is 5.02 Å². The van der Waals surface area contributed by atoms with Gasteiger partial charge in [0.2, 0.25) is 5.95 Å². The van der Waals surface area contributed by atoms with E-state index in [1.165, 1.54) is 22.8 Å². The number of nitrogens with zero attached hydrogens (tertiary/aromatic N) is 3. The molecule has 2 aromatic heterocycles. The van der Waals surface area contributed by atoms with Crippen LogP contribution >= 0.6 is 11.6 Å². The van der Waals surface area contributed by atoms with Gasteiger partial charge >= 0.3 is 0 Å². The monoisotopic (exact) mass is 458 g/mol. The van der Waals surface area contributed by atoms with Gasteiger partial charge in [0.05, 0.1) is 16.8 Å². The quantitative estimate of drug-likeness (QED) is 0.561. The predicted octanol–water partition coefficient (Wildman–Crippen LogP) is 3.66. The molecule has 0 aliphatic carbocycles. The highest BCUT2D eigenvalue weighted by atomic mass is 35.5.